The first-order valence-electron chi connectivity index (χ1n) is 9.30. The van der Waals surface area contributed by atoms with Crippen molar-refractivity contribution >= 4 is 17.6 Å². The summed E-state index contributed by atoms with van der Waals surface area (Å²) in [6, 6.07) is -0.150. The molecule has 1 aromatic rings. The molecule has 1 saturated carbocycles. The van der Waals surface area contributed by atoms with Crippen molar-refractivity contribution in [2.24, 2.45) is 0 Å². The number of hydrogen-bond acceptors (Lipinski definition) is 5. The maximum Gasteiger partial charge on any atom is 0.319 e. The number of aliphatic hydroxyl groups is 1. The zero-order valence-electron chi connectivity index (χ0n) is 15.1. The number of piperidine rings is 1. The molecular weight excluding hydrogens is 336 g/mol. The predicted molar refractivity (Wildman–Crippen MR) is 97.0 cm³/mol. The first-order chi connectivity index (χ1) is 12.5. The van der Waals surface area contributed by atoms with Gasteiger partial charge in [-0.15, -0.1) is 0 Å². The number of aliphatic hydroxyl groups excluding tert-OH is 1. The summed E-state index contributed by atoms with van der Waals surface area (Å²) >= 11 is 0. The molecule has 0 radical (unpaired) electrons. The van der Waals surface area contributed by atoms with Crippen molar-refractivity contribution < 1.29 is 14.7 Å². The maximum absolute atomic E-state index is 12.5. The van der Waals surface area contributed by atoms with Crippen LogP contribution < -0.4 is 16.0 Å². The number of aromatic amines is 1. The van der Waals surface area contributed by atoms with Crippen LogP contribution in [0, 0.1) is 0 Å². The zero-order valence-corrected chi connectivity index (χ0v) is 15.1. The summed E-state index contributed by atoms with van der Waals surface area (Å²) in [5.41, 5.74) is 0.540. The van der Waals surface area contributed by atoms with Crippen molar-refractivity contribution in [2.75, 3.05) is 25.5 Å². The Hall–Kier alpha value is -2.13. The van der Waals surface area contributed by atoms with Crippen molar-refractivity contribution in [3.63, 3.8) is 0 Å². The number of aromatic nitrogens is 2. The molecule has 1 aliphatic carbocycles. The molecule has 3 amide bonds. The fraction of sp³-hybridized carbons (Fsp3) is 0.706. The highest BCUT2D eigenvalue weighted by Gasteiger charge is 2.24. The van der Waals surface area contributed by atoms with Crippen LogP contribution in [0.4, 0.5) is 10.5 Å². The summed E-state index contributed by atoms with van der Waals surface area (Å²) in [5, 5.41) is 24.8. The van der Waals surface area contributed by atoms with Gasteiger partial charge >= 0.3 is 6.03 Å². The molecule has 144 valence electrons. The van der Waals surface area contributed by atoms with E-state index in [0.29, 0.717) is 18.5 Å². The van der Waals surface area contributed by atoms with Gasteiger partial charge in [-0.1, -0.05) is 0 Å². The monoisotopic (exact) mass is 364 g/mol. The second kappa shape index (κ2) is 8.50. The minimum absolute atomic E-state index is 0.0310. The highest BCUT2D eigenvalue weighted by Crippen LogP contribution is 2.19. The van der Waals surface area contributed by atoms with Crippen molar-refractivity contribution in [2.45, 2.75) is 56.7 Å². The fourth-order valence-electron chi connectivity index (χ4n) is 3.53. The third-order valence-corrected chi connectivity index (χ3v) is 5.19. The predicted octanol–water partition coefficient (Wildman–Crippen LogP) is 0.659. The van der Waals surface area contributed by atoms with E-state index < -0.39 is 0 Å². The van der Waals surface area contributed by atoms with Gasteiger partial charge in [-0.2, -0.15) is 5.10 Å². The molecule has 1 saturated heterocycles. The number of nitrogens with zero attached hydrogens (tertiary/aromatic N) is 2. The van der Waals surface area contributed by atoms with Crippen LogP contribution in [0.15, 0.2) is 6.20 Å². The van der Waals surface area contributed by atoms with E-state index in [1.54, 1.807) is 0 Å². The molecule has 9 nitrogen and oxygen atoms in total. The summed E-state index contributed by atoms with van der Waals surface area (Å²) < 4.78 is 0. The van der Waals surface area contributed by atoms with Crippen molar-refractivity contribution in [1.82, 2.24) is 25.7 Å². The Balaban J connectivity index is 1.51. The second-order valence-electron chi connectivity index (χ2n) is 7.30. The minimum Gasteiger partial charge on any atom is -0.393 e. The number of likely N-dealkylation sites (tertiary alicyclic amines) is 1. The van der Waals surface area contributed by atoms with Gasteiger partial charge in [0.15, 0.2) is 5.69 Å². The summed E-state index contributed by atoms with van der Waals surface area (Å²) in [7, 11) is 2.07. The van der Waals surface area contributed by atoms with E-state index in [2.05, 4.69) is 38.1 Å². The number of H-pyrrole nitrogens is 1. The highest BCUT2D eigenvalue weighted by molar-refractivity contribution is 6.01. The lowest BCUT2D eigenvalue weighted by Gasteiger charge is -2.29. The molecule has 0 aromatic carbocycles. The van der Waals surface area contributed by atoms with E-state index in [9.17, 15) is 14.7 Å². The van der Waals surface area contributed by atoms with Gasteiger partial charge in [0.05, 0.1) is 11.8 Å². The van der Waals surface area contributed by atoms with Crippen LogP contribution in [0.3, 0.4) is 0 Å². The van der Waals surface area contributed by atoms with E-state index in [-0.39, 0.29) is 35.8 Å². The lowest BCUT2D eigenvalue weighted by atomic mass is 9.93. The van der Waals surface area contributed by atoms with E-state index >= 15 is 0 Å². The van der Waals surface area contributed by atoms with E-state index in [0.717, 1.165) is 38.8 Å². The first-order valence-corrected chi connectivity index (χ1v) is 9.30. The first kappa shape index (κ1) is 18.7. The Bertz CT molecular complexity index is 618. The largest absolute Gasteiger partial charge is 0.393 e. The topological polar surface area (TPSA) is 122 Å². The Morgan fingerprint density at radius 1 is 1.12 bits per heavy atom. The number of nitrogens with one attached hydrogen (secondary N) is 4. The number of carbonyl (C=O) groups is 2. The van der Waals surface area contributed by atoms with Gasteiger partial charge in [-0.05, 0) is 58.7 Å². The van der Waals surface area contributed by atoms with Crippen molar-refractivity contribution in [3.8, 4) is 0 Å². The molecule has 1 aliphatic heterocycles. The van der Waals surface area contributed by atoms with Crippen LogP contribution in [0.2, 0.25) is 0 Å². The van der Waals surface area contributed by atoms with Crippen LogP contribution in [0.5, 0.6) is 0 Å². The third-order valence-electron chi connectivity index (χ3n) is 5.19. The number of anilines is 1. The fourth-order valence-corrected chi connectivity index (χ4v) is 3.53. The van der Waals surface area contributed by atoms with Gasteiger partial charge in [0, 0.05) is 18.3 Å². The molecule has 2 aliphatic rings. The molecule has 3 rings (SSSR count). The van der Waals surface area contributed by atoms with Gasteiger partial charge in [0.2, 0.25) is 0 Å². The number of urea groups is 1. The zero-order chi connectivity index (χ0) is 18.5. The smallest absolute Gasteiger partial charge is 0.319 e. The molecule has 5 N–H and O–H groups in total. The third kappa shape index (κ3) is 4.95. The molecule has 0 bridgehead atoms. The Morgan fingerprint density at radius 2 is 1.77 bits per heavy atom. The van der Waals surface area contributed by atoms with Gasteiger partial charge in [0.25, 0.3) is 5.91 Å². The molecule has 2 heterocycles. The average Bonchev–Trinajstić information content (AvgIpc) is 3.07. The molecule has 2 fully saturated rings. The Kier molecular flexibility index (Phi) is 6.10. The molecule has 0 spiro atoms. The van der Waals surface area contributed by atoms with Gasteiger partial charge in [-0.25, -0.2) is 4.79 Å². The van der Waals surface area contributed by atoms with Crippen LogP contribution in [-0.2, 0) is 0 Å². The second-order valence-corrected chi connectivity index (χ2v) is 7.30. The van der Waals surface area contributed by atoms with Crippen molar-refractivity contribution in [1.29, 1.82) is 0 Å². The van der Waals surface area contributed by atoms with Crippen LogP contribution in [0.25, 0.3) is 0 Å². The number of hydrogen-bond donors (Lipinski definition) is 5. The van der Waals surface area contributed by atoms with Crippen LogP contribution in [0.1, 0.15) is 49.0 Å². The maximum atomic E-state index is 12.5. The van der Waals surface area contributed by atoms with Crippen LogP contribution in [-0.4, -0.2) is 70.5 Å². The standard InChI is InChI=1S/C17H28N6O3/c1-23-8-6-12(7-9-23)20-17(26)21-14-10-18-22-15(14)16(25)19-11-2-4-13(24)5-3-11/h10-13,24H,2-9H2,1H3,(H,18,22)(H,19,25)(H2,20,21,26)/t11-,13-. The summed E-state index contributed by atoms with van der Waals surface area (Å²) in [4.78, 5) is 26.9. The number of rotatable bonds is 4. The molecule has 0 unspecified atom stereocenters. The van der Waals surface area contributed by atoms with E-state index in [1.807, 2.05) is 0 Å². The summed E-state index contributed by atoms with van der Waals surface area (Å²) in [6.07, 6.45) is 5.94. The number of amides is 3. The molecule has 9 heteroatoms. The summed E-state index contributed by atoms with van der Waals surface area (Å²) in [6.45, 7) is 1.92. The average molecular weight is 364 g/mol. The number of carbonyl (C=O) groups excluding carboxylic acids is 2. The Labute approximate surface area is 152 Å². The molecule has 1 aromatic heterocycles. The molecule has 26 heavy (non-hydrogen) atoms. The minimum atomic E-state index is -0.323. The van der Waals surface area contributed by atoms with E-state index in [4.69, 9.17) is 0 Å². The molecular formula is C17H28N6O3. The normalized spacial score (nSPS) is 24.8. The molecule has 0 atom stereocenters. The lowest BCUT2D eigenvalue weighted by Crippen LogP contribution is -2.45. The van der Waals surface area contributed by atoms with Gasteiger partial charge < -0.3 is 26.0 Å². The van der Waals surface area contributed by atoms with Gasteiger partial charge in [-0.3, -0.25) is 9.89 Å². The van der Waals surface area contributed by atoms with Gasteiger partial charge in [0.1, 0.15) is 0 Å². The van der Waals surface area contributed by atoms with Crippen molar-refractivity contribution in [3.05, 3.63) is 11.9 Å². The highest BCUT2D eigenvalue weighted by atomic mass is 16.3. The summed E-state index contributed by atoms with van der Waals surface area (Å²) in [5.74, 6) is -0.317. The Morgan fingerprint density at radius 3 is 2.46 bits per heavy atom. The SMILES string of the molecule is CN1CCC(NC(=O)Nc2c[nH]nc2C(=O)N[C@H]2CC[C@H](O)CC2)CC1. The van der Waals surface area contributed by atoms with E-state index in [1.165, 1.54) is 6.20 Å². The quantitative estimate of drug-likeness (QED) is 0.537. The van der Waals surface area contributed by atoms with Crippen LogP contribution >= 0.6 is 0 Å². The lowest BCUT2D eigenvalue weighted by molar-refractivity contribution is 0.0864.